The van der Waals surface area contributed by atoms with E-state index in [1.165, 1.54) is 5.56 Å². The molecule has 1 saturated heterocycles. The average molecular weight is 342 g/mol. The number of likely N-dealkylation sites (tertiary alicyclic amines) is 1. The molecule has 1 unspecified atom stereocenters. The molecule has 134 valence electrons. The van der Waals surface area contributed by atoms with Gasteiger partial charge in [-0.3, -0.25) is 0 Å². The number of aromatic nitrogens is 2. The van der Waals surface area contributed by atoms with Crippen molar-refractivity contribution in [3.63, 3.8) is 0 Å². The van der Waals surface area contributed by atoms with Crippen molar-refractivity contribution in [2.75, 3.05) is 20.2 Å². The Morgan fingerprint density at radius 3 is 2.72 bits per heavy atom. The van der Waals surface area contributed by atoms with Gasteiger partial charge >= 0.3 is 6.03 Å². The van der Waals surface area contributed by atoms with Crippen LogP contribution in [-0.4, -0.2) is 41.1 Å². The molecule has 2 N–H and O–H groups in total. The number of carbonyl (C=O) groups excluding carboxylic acids is 1. The third-order valence-electron chi connectivity index (χ3n) is 4.83. The maximum Gasteiger partial charge on any atom is 0.317 e. The van der Waals surface area contributed by atoms with Crippen molar-refractivity contribution in [2.24, 2.45) is 0 Å². The van der Waals surface area contributed by atoms with E-state index in [1.54, 1.807) is 13.3 Å². The minimum atomic E-state index is -0.131. The maximum atomic E-state index is 12.5. The molecule has 1 aliphatic rings. The molecule has 25 heavy (non-hydrogen) atoms. The molecule has 2 amide bonds. The van der Waals surface area contributed by atoms with Crippen LogP contribution in [0.15, 0.2) is 30.5 Å². The summed E-state index contributed by atoms with van der Waals surface area (Å²) in [4.78, 5) is 21.8. The number of carbonyl (C=O) groups is 1. The summed E-state index contributed by atoms with van der Waals surface area (Å²) < 4.78 is 5.47. The van der Waals surface area contributed by atoms with Crippen LogP contribution < -0.4 is 10.1 Å². The predicted molar refractivity (Wildman–Crippen MR) is 96.8 cm³/mol. The Bertz CT molecular complexity index is 720. The lowest BCUT2D eigenvalue weighted by Crippen LogP contribution is -2.45. The van der Waals surface area contributed by atoms with Crippen LogP contribution in [0.2, 0.25) is 0 Å². The fraction of sp³-hybridized carbons (Fsp3) is 0.474. The number of hydrogen-bond acceptors (Lipinski definition) is 3. The number of aromatic amines is 1. The van der Waals surface area contributed by atoms with Gasteiger partial charge in [0.2, 0.25) is 0 Å². The summed E-state index contributed by atoms with van der Waals surface area (Å²) in [5.41, 5.74) is 2.23. The number of urea groups is 1. The van der Waals surface area contributed by atoms with Crippen molar-refractivity contribution in [3.8, 4) is 5.75 Å². The van der Waals surface area contributed by atoms with Crippen LogP contribution in [-0.2, 0) is 0 Å². The second kappa shape index (κ2) is 7.59. The summed E-state index contributed by atoms with van der Waals surface area (Å²) in [6, 6.07) is 8.00. The lowest BCUT2D eigenvalue weighted by Gasteiger charge is -2.33. The second-order valence-electron chi connectivity index (χ2n) is 6.63. The first kappa shape index (κ1) is 17.3. The molecule has 3 rings (SSSR count). The molecular weight excluding hydrogens is 316 g/mol. The maximum absolute atomic E-state index is 12.5. The summed E-state index contributed by atoms with van der Waals surface area (Å²) in [6.45, 7) is 5.39. The van der Waals surface area contributed by atoms with E-state index >= 15 is 0 Å². The number of nitrogens with one attached hydrogen (secondary N) is 2. The average Bonchev–Trinajstić information content (AvgIpc) is 3.08. The molecule has 0 aliphatic carbocycles. The Hall–Kier alpha value is -2.50. The van der Waals surface area contributed by atoms with Gasteiger partial charge in [0.15, 0.2) is 0 Å². The summed E-state index contributed by atoms with van der Waals surface area (Å²) >= 11 is 0. The Kier molecular flexibility index (Phi) is 5.26. The van der Waals surface area contributed by atoms with E-state index in [0.29, 0.717) is 5.92 Å². The Morgan fingerprint density at radius 2 is 2.08 bits per heavy atom. The van der Waals surface area contributed by atoms with Crippen LogP contribution in [0.1, 0.15) is 48.8 Å². The molecule has 0 radical (unpaired) electrons. The third kappa shape index (κ3) is 3.95. The van der Waals surface area contributed by atoms with Gasteiger partial charge in [0.25, 0.3) is 0 Å². The molecule has 6 nitrogen and oxygen atoms in total. The number of rotatable bonds is 4. The number of ether oxygens (including phenoxy) is 1. The number of hydrogen-bond donors (Lipinski definition) is 2. The fourth-order valence-corrected chi connectivity index (χ4v) is 3.40. The van der Waals surface area contributed by atoms with Crippen molar-refractivity contribution in [3.05, 3.63) is 47.5 Å². The largest absolute Gasteiger partial charge is 0.496 e. The minimum absolute atomic E-state index is 0.0278. The van der Waals surface area contributed by atoms with Crippen molar-refractivity contribution < 1.29 is 9.53 Å². The molecule has 1 aromatic heterocycles. The molecular formula is C19H26N4O2. The van der Waals surface area contributed by atoms with Gasteiger partial charge in [-0.15, -0.1) is 0 Å². The monoisotopic (exact) mass is 342 g/mol. The Balaban J connectivity index is 1.55. The van der Waals surface area contributed by atoms with Crippen LogP contribution in [0.4, 0.5) is 4.79 Å². The van der Waals surface area contributed by atoms with Gasteiger partial charge in [0.05, 0.1) is 13.2 Å². The highest BCUT2D eigenvalue weighted by Gasteiger charge is 2.26. The summed E-state index contributed by atoms with van der Waals surface area (Å²) in [5, 5.41) is 3.02. The van der Waals surface area contributed by atoms with Crippen LogP contribution in [0.3, 0.4) is 0 Å². The van der Waals surface area contributed by atoms with Crippen molar-refractivity contribution in [1.29, 1.82) is 0 Å². The smallest absolute Gasteiger partial charge is 0.317 e. The van der Waals surface area contributed by atoms with E-state index in [1.807, 2.05) is 36.9 Å². The van der Waals surface area contributed by atoms with E-state index in [-0.39, 0.29) is 12.1 Å². The first-order chi connectivity index (χ1) is 12.1. The van der Waals surface area contributed by atoms with Gasteiger partial charge in [-0.25, -0.2) is 9.78 Å². The minimum Gasteiger partial charge on any atom is -0.496 e. The number of nitrogens with zero attached hydrogens (tertiary/aromatic N) is 2. The normalized spacial score (nSPS) is 16.5. The topological polar surface area (TPSA) is 70.2 Å². The number of imidazole rings is 1. The molecule has 1 atom stereocenters. The third-order valence-corrected chi connectivity index (χ3v) is 4.83. The highest BCUT2D eigenvalue weighted by Crippen LogP contribution is 2.34. The molecule has 1 aliphatic heterocycles. The van der Waals surface area contributed by atoms with Gasteiger partial charge in [0, 0.05) is 25.0 Å². The predicted octanol–water partition coefficient (Wildman–Crippen LogP) is 3.38. The molecule has 2 heterocycles. The van der Waals surface area contributed by atoms with E-state index in [2.05, 4.69) is 21.4 Å². The standard InChI is InChI=1S/C19H26N4O2/c1-13-12-20-18(21-13)14(2)22-19(24)23-10-8-15(9-11-23)16-6-4-5-7-17(16)25-3/h4-7,12,14-15H,8-11H2,1-3H3,(H,20,21)(H,22,24). The van der Waals surface area contributed by atoms with Crippen LogP contribution in [0.25, 0.3) is 0 Å². The van der Waals surface area contributed by atoms with Gasteiger partial charge in [0.1, 0.15) is 11.6 Å². The Morgan fingerprint density at radius 1 is 1.36 bits per heavy atom. The van der Waals surface area contributed by atoms with E-state index in [4.69, 9.17) is 4.74 Å². The van der Waals surface area contributed by atoms with Crippen LogP contribution in [0, 0.1) is 6.92 Å². The number of H-pyrrole nitrogens is 1. The van der Waals surface area contributed by atoms with Gasteiger partial charge < -0.3 is 19.9 Å². The SMILES string of the molecule is COc1ccccc1C1CCN(C(=O)NC(C)c2ncc(C)[nH]2)CC1. The zero-order chi connectivity index (χ0) is 17.8. The summed E-state index contributed by atoms with van der Waals surface area (Å²) in [6.07, 6.45) is 3.67. The van der Waals surface area contributed by atoms with E-state index in [9.17, 15) is 4.79 Å². The highest BCUT2D eigenvalue weighted by molar-refractivity contribution is 5.74. The van der Waals surface area contributed by atoms with Gasteiger partial charge in [-0.05, 0) is 44.2 Å². The highest BCUT2D eigenvalue weighted by atomic mass is 16.5. The van der Waals surface area contributed by atoms with Gasteiger partial charge in [-0.2, -0.15) is 0 Å². The lowest BCUT2D eigenvalue weighted by atomic mass is 9.89. The molecule has 0 spiro atoms. The molecule has 2 aromatic rings. The molecule has 0 saturated carbocycles. The van der Waals surface area contributed by atoms with Crippen LogP contribution >= 0.6 is 0 Å². The first-order valence-electron chi connectivity index (χ1n) is 8.78. The van der Waals surface area contributed by atoms with Gasteiger partial charge in [-0.1, -0.05) is 18.2 Å². The Labute approximate surface area is 148 Å². The fourth-order valence-electron chi connectivity index (χ4n) is 3.40. The lowest BCUT2D eigenvalue weighted by molar-refractivity contribution is 0.177. The van der Waals surface area contributed by atoms with Crippen LogP contribution in [0.5, 0.6) is 5.75 Å². The van der Waals surface area contributed by atoms with Crippen molar-refractivity contribution in [2.45, 2.75) is 38.6 Å². The first-order valence-corrected chi connectivity index (χ1v) is 8.78. The van der Waals surface area contributed by atoms with Crippen molar-refractivity contribution in [1.82, 2.24) is 20.2 Å². The zero-order valence-electron chi connectivity index (χ0n) is 15.1. The van der Waals surface area contributed by atoms with E-state index in [0.717, 1.165) is 43.2 Å². The number of para-hydroxylation sites is 1. The van der Waals surface area contributed by atoms with E-state index < -0.39 is 0 Å². The molecule has 6 heteroatoms. The molecule has 1 fully saturated rings. The summed E-state index contributed by atoms with van der Waals surface area (Å²) in [5.74, 6) is 2.16. The zero-order valence-corrected chi connectivity index (χ0v) is 15.1. The second-order valence-corrected chi connectivity index (χ2v) is 6.63. The number of aryl methyl sites for hydroxylation is 1. The number of methoxy groups -OCH3 is 1. The molecule has 1 aromatic carbocycles. The quantitative estimate of drug-likeness (QED) is 0.895. The number of piperidine rings is 1. The number of benzene rings is 1. The summed E-state index contributed by atoms with van der Waals surface area (Å²) in [7, 11) is 1.71. The van der Waals surface area contributed by atoms with Crippen molar-refractivity contribution >= 4 is 6.03 Å². The number of amides is 2. The molecule has 0 bridgehead atoms.